The summed E-state index contributed by atoms with van der Waals surface area (Å²) in [5, 5.41) is 11.1. The summed E-state index contributed by atoms with van der Waals surface area (Å²) in [6, 6.07) is 14.3. The first-order valence-electron chi connectivity index (χ1n) is 9.12. The van der Waals surface area contributed by atoms with Crippen molar-refractivity contribution in [1.29, 1.82) is 0 Å². The van der Waals surface area contributed by atoms with Crippen molar-refractivity contribution in [3.8, 4) is 11.3 Å². The van der Waals surface area contributed by atoms with Crippen LogP contribution in [0.1, 0.15) is 5.56 Å². The molecule has 0 aliphatic rings. The highest BCUT2D eigenvalue weighted by Crippen LogP contribution is 2.24. The monoisotopic (exact) mass is 433 g/mol. The van der Waals surface area contributed by atoms with E-state index in [1.165, 1.54) is 0 Å². The number of hydrogen-bond donors (Lipinski definition) is 3. The molecule has 154 valence electrons. The van der Waals surface area contributed by atoms with Crippen LogP contribution >= 0.6 is 11.6 Å². The van der Waals surface area contributed by atoms with Crippen molar-refractivity contribution in [3.63, 3.8) is 0 Å². The number of halogens is 1. The maximum atomic E-state index is 12.5. The van der Waals surface area contributed by atoms with Crippen LogP contribution in [0.4, 0.5) is 5.69 Å². The Balaban J connectivity index is 1.69. The highest BCUT2D eigenvalue weighted by molar-refractivity contribution is 7.89. The standard InChI is InChI=1S/C20H24ClN5O2S/c1-26(2)11-10-24-29(27,28)19-5-3-4-18(12-19)22-13-16-14-23-25-20(16)15-6-8-17(21)9-7-15/h3-9,12,14,22,24H,10-11,13H2,1-2H3,(H,23,25). The van der Waals surface area contributed by atoms with Gasteiger partial charge >= 0.3 is 0 Å². The van der Waals surface area contributed by atoms with Gasteiger partial charge in [-0.05, 0) is 50.0 Å². The molecule has 3 rings (SSSR count). The summed E-state index contributed by atoms with van der Waals surface area (Å²) >= 11 is 5.96. The van der Waals surface area contributed by atoms with Gasteiger partial charge in [-0.25, -0.2) is 13.1 Å². The van der Waals surface area contributed by atoms with E-state index in [2.05, 4.69) is 20.2 Å². The Labute approximate surface area is 176 Å². The minimum Gasteiger partial charge on any atom is -0.381 e. The number of nitrogens with zero attached hydrogens (tertiary/aromatic N) is 2. The zero-order valence-corrected chi connectivity index (χ0v) is 17.9. The molecule has 0 aliphatic heterocycles. The first kappa shape index (κ1) is 21.3. The lowest BCUT2D eigenvalue weighted by Crippen LogP contribution is -2.31. The molecule has 0 saturated carbocycles. The van der Waals surface area contributed by atoms with E-state index in [-0.39, 0.29) is 4.90 Å². The number of nitrogens with one attached hydrogen (secondary N) is 3. The number of benzene rings is 2. The lowest BCUT2D eigenvalue weighted by molar-refractivity contribution is 0.412. The van der Waals surface area contributed by atoms with Gasteiger partial charge in [0.05, 0.1) is 16.8 Å². The van der Waals surface area contributed by atoms with E-state index >= 15 is 0 Å². The van der Waals surface area contributed by atoms with E-state index < -0.39 is 10.0 Å². The summed E-state index contributed by atoms with van der Waals surface area (Å²) in [6.45, 7) is 1.48. The average molecular weight is 434 g/mol. The van der Waals surface area contributed by atoms with Crippen LogP contribution in [0.3, 0.4) is 0 Å². The third-order valence-electron chi connectivity index (χ3n) is 4.33. The fourth-order valence-electron chi connectivity index (χ4n) is 2.77. The minimum atomic E-state index is -3.55. The highest BCUT2D eigenvalue weighted by atomic mass is 35.5. The second-order valence-corrected chi connectivity index (χ2v) is 9.06. The molecule has 1 heterocycles. The second kappa shape index (κ2) is 9.41. The van der Waals surface area contributed by atoms with Crippen molar-refractivity contribution >= 4 is 27.3 Å². The molecule has 3 N–H and O–H groups in total. The maximum absolute atomic E-state index is 12.5. The van der Waals surface area contributed by atoms with E-state index in [1.807, 2.05) is 49.3 Å². The van der Waals surface area contributed by atoms with Gasteiger partial charge in [0, 0.05) is 35.9 Å². The average Bonchev–Trinajstić information content (AvgIpc) is 3.15. The summed E-state index contributed by atoms with van der Waals surface area (Å²) in [5.41, 5.74) is 3.54. The van der Waals surface area contributed by atoms with Gasteiger partial charge < -0.3 is 10.2 Å². The Morgan fingerprint density at radius 1 is 1.14 bits per heavy atom. The van der Waals surface area contributed by atoms with Crippen LogP contribution < -0.4 is 10.0 Å². The van der Waals surface area contributed by atoms with Gasteiger partial charge in [-0.2, -0.15) is 5.10 Å². The fraction of sp³-hybridized carbons (Fsp3) is 0.250. The largest absolute Gasteiger partial charge is 0.381 e. The second-order valence-electron chi connectivity index (χ2n) is 6.86. The molecule has 0 fully saturated rings. The Morgan fingerprint density at radius 3 is 2.62 bits per heavy atom. The molecule has 0 amide bonds. The van der Waals surface area contributed by atoms with Crippen molar-refractivity contribution in [2.24, 2.45) is 0 Å². The number of aromatic nitrogens is 2. The van der Waals surface area contributed by atoms with Gasteiger partial charge in [0.1, 0.15) is 0 Å². The summed E-state index contributed by atoms with van der Waals surface area (Å²) < 4.78 is 27.6. The zero-order valence-electron chi connectivity index (χ0n) is 16.3. The maximum Gasteiger partial charge on any atom is 0.240 e. The lowest BCUT2D eigenvalue weighted by atomic mass is 10.1. The SMILES string of the molecule is CN(C)CCNS(=O)(=O)c1cccc(NCc2cn[nH]c2-c2ccc(Cl)cc2)c1. The number of sulfonamides is 1. The van der Waals surface area contributed by atoms with Crippen LogP contribution in [-0.2, 0) is 16.6 Å². The number of rotatable bonds is 9. The minimum absolute atomic E-state index is 0.228. The van der Waals surface area contributed by atoms with Crippen LogP contribution in [0.15, 0.2) is 59.6 Å². The quantitative estimate of drug-likeness (QED) is 0.482. The smallest absolute Gasteiger partial charge is 0.240 e. The Kier molecular flexibility index (Phi) is 6.92. The predicted octanol–water partition coefficient (Wildman–Crippen LogP) is 3.18. The number of aromatic amines is 1. The van der Waals surface area contributed by atoms with Crippen LogP contribution in [0.5, 0.6) is 0 Å². The van der Waals surface area contributed by atoms with Crippen molar-refractivity contribution < 1.29 is 8.42 Å². The normalized spacial score (nSPS) is 11.7. The zero-order chi connectivity index (χ0) is 20.9. The molecule has 3 aromatic rings. The molecular formula is C20H24ClN5O2S. The van der Waals surface area contributed by atoms with Gasteiger partial charge in [-0.15, -0.1) is 0 Å². The number of H-pyrrole nitrogens is 1. The summed E-state index contributed by atoms with van der Waals surface area (Å²) in [5.74, 6) is 0. The van der Waals surface area contributed by atoms with Crippen molar-refractivity contribution in [2.75, 3.05) is 32.5 Å². The highest BCUT2D eigenvalue weighted by Gasteiger charge is 2.14. The van der Waals surface area contributed by atoms with Crippen LogP contribution in [-0.4, -0.2) is 50.7 Å². The third-order valence-corrected chi connectivity index (χ3v) is 6.04. The molecule has 0 atom stereocenters. The lowest BCUT2D eigenvalue weighted by Gasteiger charge is -2.12. The summed E-state index contributed by atoms with van der Waals surface area (Å²) in [4.78, 5) is 2.15. The van der Waals surface area contributed by atoms with E-state index in [4.69, 9.17) is 11.6 Å². The fourth-order valence-corrected chi connectivity index (χ4v) is 3.96. The molecular weight excluding hydrogens is 410 g/mol. The molecule has 9 heteroatoms. The van der Waals surface area contributed by atoms with E-state index in [0.717, 1.165) is 16.8 Å². The molecule has 0 radical (unpaired) electrons. The molecule has 0 bridgehead atoms. The van der Waals surface area contributed by atoms with Gasteiger partial charge in [0.2, 0.25) is 10.0 Å². The van der Waals surface area contributed by atoms with E-state index in [0.29, 0.717) is 30.3 Å². The van der Waals surface area contributed by atoms with Crippen molar-refractivity contribution in [3.05, 3.63) is 65.3 Å². The number of anilines is 1. The first-order chi connectivity index (χ1) is 13.8. The predicted molar refractivity (Wildman–Crippen MR) is 117 cm³/mol. The number of likely N-dealkylation sites (N-methyl/N-ethyl adjacent to an activating group) is 1. The van der Waals surface area contributed by atoms with Gasteiger partial charge in [0.25, 0.3) is 0 Å². The first-order valence-corrected chi connectivity index (χ1v) is 11.0. The summed E-state index contributed by atoms with van der Waals surface area (Å²) in [6.07, 6.45) is 1.75. The van der Waals surface area contributed by atoms with Crippen LogP contribution in [0.25, 0.3) is 11.3 Å². The molecule has 7 nitrogen and oxygen atoms in total. The van der Waals surface area contributed by atoms with Gasteiger partial charge in [0.15, 0.2) is 0 Å². The summed E-state index contributed by atoms with van der Waals surface area (Å²) in [7, 11) is 0.238. The number of hydrogen-bond acceptors (Lipinski definition) is 5. The molecule has 29 heavy (non-hydrogen) atoms. The Hall–Kier alpha value is -2.39. The Bertz CT molecular complexity index is 1050. The van der Waals surface area contributed by atoms with E-state index in [1.54, 1.807) is 24.4 Å². The molecule has 0 spiro atoms. The van der Waals surface area contributed by atoms with E-state index in [9.17, 15) is 8.42 Å². The van der Waals surface area contributed by atoms with Crippen molar-refractivity contribution in [2.45, 2.75) is 11.4 Å². The van der Waals surface area contributed by atoms with Crippen molar-refractivity contribution in [1.82, 2.24) is 19.8 Å². The van der Waals surface area contributed by atoms with Gasteiger partial charge in [-0.1, -0.05) is 29.8 Å². The molecule has 0 aliphatic carbocycles. The van der Waals surface area contributed by atoms with Crippen LogP contribution in [0.2, 0.25) is 5.02 Å². The molecule has 0 unspecified atom stereocenters. The molecule has 0 saturated heterocycles. The molecule has 1 aromatic heterocycles. The van der Waals surface area contributed by atoms with Crippen LogP contribution in [0, 0.1) is 0 Å². The van der Waals surface area contributed by atoms with Gasteiger partial charge in [-0.3, -0.25) is 5.10 Å². The Morgan fingerprint density at radius 2 is 1.90 bits per heavy atom. The molecule has 2 aromatic carbocycles. The topological polar surface area (TPSA) is 90.1 Å². The third kappa shape index (κ3) is 5.80.